The summed E-state index contributed by atoms with van der Waals surface area (Å²) in [7, 11) is 0. The van der Waals surface area contributed by atoms with Crippen LogP contribution in [0.3, 0.4) is 0 Å². The summed E-state index contributed by atoms with van der Waals surface area (Å²) < 4.78 is 24.7. The molecule has 1 aliphatic carbocycles. The molecule has 0 radical (unpaired) electrons. The zero-order valence-corrected chi connectivity index (χ0v) is 9.62. The fraction of sp³-hybridized carbons (Fsp3) is 1.00. The molecule has 0 aromatic heterocycles. The maximum Gasteiger partial charge on any atom is 0.154 e. The zero-order chi connectivity index (χ0) is 10.8. The van der Waals surface area contributed by atoms with Crippen LogP contribution in [0.25, 0.3) is 0 Å². The van der Waals surface area contributed by atoms with Crippen molar-refractivity contribution in [3.05, 3.63) is 0 Å². The van der Waals surface area contributed by atoms with Gasteiger partial charge in [-0.15, -0.1) is 0 Å². The summed E-state index contributed by atoms with van der Waals surface area (Å²) in [6.45, 7) is 5.37. The second-order valence-electron chi connectivity index (χ2n) is 5.09. The van der Waals surface area contributed by atoms with Crippen LogP contribution >= 0.6 is 0 Å². The third-order valence-electron chi connectivity index (χ3n) is 3.78. The van der Waals surface area contributed by atoms with E-state index in [2.05, 4.69) is 6.92 Å². The zero-order valence-electron chi connectivity index (χ0n) is 9.62. The number of ether oxygens (including phenoxy) is 2. The fourth-order valence-corrected chi connectivity index (χ4v) is 2.73. The van der Waals surface area contributed by atoms with Crippen LogP contribution in [0, 0.1) is 17.8 Å². The highest BCUT2D eigenvalue weighted by Crippen LogP contribution is 2.37. The molecule has 1 aliphatic heterocycles. The van der Waals surface area contributed by atoms with Crippen molar-refractivity contribution >= 4 is 0 Å². The van der Waals surface area contributed by atoms with E-state index < -0.39 is 6.17 Å². The summed E-state index contributed by atoms with van der Waals surface area (Å²) in [6.07, 6.45) is 2.10. The Balaban J connectivity index is 1.87. The lowest BCUT2D eigenvalue weighted by Crippen LogP contribution is -2.40. The van der Waals surface area contributed by atoms with E-state index in [4.69, 9.17) is 9.47 Å². The number of halogens is 1. The Kier molecular flexibility index (Phi) is 3.62. The maximum atomic E-state index is 13.9. The quantitative estimate of drug-likeness (QED) is 0.671. The minimum absolute atomic E-state index is 0.109. The average Bonchev–Trinajstić information content (AvgIpc) is 2.20. The van der Waals surface area contributed by atoms with Crippen molar-refractivity contribution < 1.29 is 13.9 Å². The van der Waals surface area contributed by atoms with E-state index in [0.29, 0.717) is 19.1 Å². The van der Waals surface area contributed by atoms with Gasteiger partial charge in [0.05, 0.1) is 13.2 Å². The first kappa shape index (κ1) is 11.3. The topological polar surface area (TPSA) is 18.5 Å². The van der Waals surface area contributed by atoms with E-state index in [1.807, 2.05) is 6.92 Å². The SMILES string of the molecule is CC1OCC([C@H]2CC[C@H](C)CC2F)CO1. The molecule has 2 rings (SSSR count). The number of rotatable bonds is 1. The molecule has 1 saturated carbocycles. The molecule has 0 N–H and O–H groups in total. The molecule has 3 atom stereocenters. The number of hydrogen-bond donors (Lipinski definition) is 0. The van der Waals surface area contributed by atoms with Crippen LogP contribution in [0.15, 0.2) is 0 Å². The molecule has 3 heteroatoms. The van der Waals surface area contributed by atoms with E-state index >= 15 is 0 Å². The summed E-state index contributed by atoms with van der Waals surface area (Å²) in [5, 5.41) is 0. The number of alkyl halides is 1. The summed E-state index contributed by atoms with van der Waals surface area (Å²) in [5.74, 6) is 0.970. The van der Waals surface area contributed by atoms with Gasteiger partial charge in [0, 0.05) is 5.92 Å². The smallest absolute Gasteiger partial charge is 0.154 e. The van der Waals surface area contributed by atoms with Gasteiger partial charge in [-0.2, -0.15) is 0 Å². The first-order chi connectivity index (χ1) is 7.16. The Morgan fingerprint density at radius 2 is 1.73 bits per heavy atom. The average molecular weight is 216 g/mol. The third-order valence-corrected chi connectivity index (χ3v) is 3.78. The predicted molar refractivity (Wildman–Crippen MR) is 56.3 cm³/mol. The molecular formula is C12H21FO2. The van der Waals surface area contributed by atoms with E-state index in [1.54, 1.807) is 0 Å². The Morgan fingerprint density at radius 1 is 1.07 bits per heavy atom. The van der Waals surface area contributed by atoms with Gasteiger partial charge in [0.25, 0.3) is 0 Å². The molecule has 2 nitrogen and oxygen atoms in total. The van der Waals surface area contributed by atoms with E-state index in [1.165, 1.54) is 0 Å². The van der Waals surface area contributed by atoms with Crippen molar-refractivity contribution in [3.63, 3.8) is 0 Å². The molecule has 1 saturated heterocycles. The predicted octanol–water partition coefficient (Wildman–Crippen LogP) is 2.77. The maximum absolute atomic E-state index is 13.9. The second-order valence-corrected chi connectivity index (χ2v) is 5.09. The van der Waals surface area contributed by atoms with E-state index in [9.17, 15) is 4.39 Å². The Hall–Kier alpha value is -0.150. The van der Waals surface area contributed by atoms with Crippen LogP contribution in [0.4, 0.5) is 4.39 Å². The monoisotopic (exact) mass is 216 g/mol. The van der Waals surface area contributed by atoms with Gasteiger partial charge < -0.3 is 9.47 Å². The molecule has 2 fully saturated rings. The molecule has 1 heterocycles. The van der Waals surface area contributed by atoms with Crippen molar-refractivity contribution in [2.75, 3.05) is 13.2 Å². The largest absolute Gasteiger partial charge is 0.353 e. The second kappa shape index (κ2) is 4.79. The van der Waals surface area contributed by atoms with Gasteiger partial charge >= 0.3 is 0 Å². The molecule has 15 heavy (non-hydrogen) atoms. The lowest BCUT2D eigenvalue weighted by Gasteiger charge is -2.38. The minimum atomic E-state index is -0.653. The fourth-order valence-electron chi connectivity index (χ4n) is 2.73. The summed E-state index contributed by atoms with van der Waals surface area (Å²) >= 11 is 0. The molecule has 0 aromatic rings. The highest BCUT2D eigenvalue weighted by atomic mass is 19.1. The molecular weight excluding hydrogens is 195 g/mol. The lowest BCUT2D eigenvalue weighted by atomic mass is 9.75. The molecule has 1 unspecified atom stereocenters. The first-order valence-corrected chi connectivity index (χ1v) is 6.04. The summed E-state index contributed by atoms with van der Waals surface area (Å²) in [6, 6.07) is 0. The summed E-state index contributed by atoms with van der Waals surface area (Å²) in [5.41, 5.74) is 0. The van der Waals surface area contributed by atoms with Gasteiger partial charge in [-0.1, -0.05) is 13.3 Å². The van der Waals surface area contributed by atoms with Gasteiger partial charge in [0.15, 0.2) is 6.29 Å². The van der Waals surface area contributed by atoms with E-state index in [-0.39, 0.29) is 18.1 Å². The normalized spacial score (nSPS) is 47.8. The third kappa shape index (κ3) is 2.70. The van der Waals surface area contributed by atoms with E-state index in [0.717, 1.165) is 19.3 Å². The van der Waals surface area contributed by atoms with Gasteiger partial charge in [-0.05, 0) is 31.6 Å². The van der Waals surface area contributed by atoms with Crippen LogP contribution < -0.4 is 0 Å². The van der Waals surface area contributed by atoms with Crippen molar-refractivity contribution in [1.82, 2.24) is 0 Å². The van der Waals surface area contributed by atoms with Gasteiger partial charge in [-0.3, -0.25) is 0 Å². The Morgan fingerprint density at radius 3 is 2.33 bits per heavy atom. The summed E-state index contributed by atoms with van der Waals surface area (Å²) in [4.78, 5) is 0. The molecule has 0 aromatic carbocycles. The molecule has 0 bridgehead atoms. The lowest BCUT2D eigenvalue weighted by molar-refractivity contribution is -0.204. The minimum Gasteiger partial charge on any atom is -0.353 e. The van der Waals surface area contributed by atoms with Gasteiger partial charge in [0.2, 0.25) is 0 Å². The Labute approximate surface area is 91.1 Å². The van der Waals surface area contributed by atoms with Gasteiger partial charge in [-0.25, -0.2) is 4.39 Å². The highest BCUT2D eigenvalue weighted by molar-refractivity contribution is 4.84. The van der Waals surface area contributed by atoms with Crippen molar-refractivity contribution in [2.24, 2.45) is 17.8 Å². The van der Waals surface area contributed by atoms with Crippen molar-refractivity contribution in [2.45, 2.75) is 45.6 Å². The molecule has 0 spiro atoms. The van der Waals surface area contributed by atoms with Crippen LogP contribution in [0.5, 0.6) is 0 Å². The molecule has 88 valence electrons. The van der Waals surface area contributed by atoms with Crippen LogP contribution in [-0.2, 0) is 9.47 Å². The highest BCUT2D eigenvalue weighted by Gasteiger charge is 2.36. The standard InChI is InChI=1S/C12H21FO2/c1-8-3-4-11(12(13)5-8)10-6-14-9(2)15-7-10/h8-12H,3-7H2,1-2H3/t8-,9?,10?,11+,12?/m0/s1. The van der Waals surface area contributed by atoms with Crippen molar-refractivity contribution in [1.29, 1.82) is 0 Å². The van der Waals surface area contributed by atoms with Gasteiger partial charge in [0.1, 0.15) is 6.17 Å². The van der Waals surface area contributed by atoms with Crippen molar-refractivity contribution in [3.8, 4) is 0 Å². The van der Waals surface area contributed by atoms with Crippen LogP contribution in [0.2, 0.25) is 0 Å². The first-order valence-electron chi connectivity index (χ1n) is 6.04. The molecule has 0 amide bonds. The Bertz CT molecular complexity index is 202. The van der Waals surface area contributed by atoms with Crippen LogP contribution in [-0.4, -0.2) is 25.7 Å². The van der Waals surface area contributed by atoms with Crippen LogP contribution in [0.1, 0.15) is 33.1 Å². The number of hydrogen-bond acceptors (Lipinski definition) is 2. The molecule has 2 aliphatic rings.